The molecule has 2 aromatic rings. The number of rotatable bonds is 2. The van der Waals surface area contributed by atoms with E-state index in [-0.39, 0.29) is 11.9 Å². The Hall–Kier alpha value is -2.68. The normalized spacial score (nSPS) is 15.5. The Kier molecular flexibility index (Phi) is 3.88. The van der Waals surface area contributed by atoms with Gasteiger partial charge in [0.15, 0.2) is 0 Å². The molecular formula is C16H18N6. The summed E-state index contributed by atoms with van der Waals surface area (Å²) in [6, 6.07) is 6.25. The number of pyridine rings is 1. The summed E-state index contributed by atoms with van der Waals surface area (Å²) in [5.41, 5.74) is 8.65. The third-order valence-corrected chi connectivity index (χ3v) is 4.02. The summed E-state index contributed by atoms with van der Waals surface area (Å²) in [5, 5.41) is 9.05. The van der Waals surface area contributed by atoms with Gasteiger partial charge in [-0.1, -0.05) is 6.07 Å². The van der Waals surface area contributed by atoms with Crippen LogP contribution in [0.5, 0.6) is 0 Å². The van der Waals surface area contributed by atoms with Gasteiger partial charge in [-0.2, -0.15) is 10.2 Å². The summed E-state index contributed by atoms with van der Waals surface area (Å²) in [5.74, 6) is 1.26. The Morgan fingerprint density at radius 1 is 1.32 bits per heavy atom. The van der Waals surface area contributed by atoms with Crippen LogP contribution in [0.4, 0.5) is 11.8 Å². The maximum atomic E-state index is 9.05. The molecule has 0 aliphatic carbocycles. The van der Waals surface area contributed by atoms with Crippen LogP contribution >= 0.6 is 0 Å². The number of nitrogens with two attached hydrogens (primary N) is 1. The van der Waals surface area contributed by atoms with Crippen molar-refractivity contribution in [1.29, 1.82) is 5.26 Å². The quantitative estimate of drug-likeness (QED) is 0.912. The van der Waals surface area contributed by atoms with Gasteiger partial charge in [-0.3, -0.25) is 4.98 Å². The van der Waals surface area contributed by atoms with Crippen molar-refractivity contribution in [2.24, 2.45) is 5.92 Å². The van der Waals surface area contributed by atoms with Gasteiger partial charge in [0, 0.05) is 42.5 Å². The summed E-state index contributed by atoms with van der Waals surface area (Å²) in [6.07, 6.45) is 5.26. The lowest BCUT2D eigenvalue weighted by Crippen LogP contribution is -2.34. The van der Waals surface area contributed by atoms with Gasteiger partial charge in [0.05, 0.1) is 11.8 Å². The maximum Gasteiger partial charge on any atom is 0.222 e. The fourth-order valence-corrected chi connectivity index (χ4v) is 2.88. The lowest BCUT2D eigenvalue weighted by atomic mass is 9.97. The van der Waals surface area contributed by atoms with Crippen molar-refractivity contribution in [3.8, 4) is 17.2 Å². The number of aryl methyl sites for hydroxylation is 1. The smallest absolute Gasteiger partial charge is 0.222 e. The highest BCUT2D eigenvalue weighted by atomic mass is 15.2. The Labute approximate surface area is 129 Å². The van der Waals surface area contributed by atoms with Gasteiger partial charge < -0.3 is 10.6 Å². The summed E-state index contributed by atoms with van der Waals surface area (Å²) in [7, 11) is 0. The van der Waals surface area contributed by atoms with Crippen molar-refractivity contribution >= 4 is 11.8 Å². The molecule has 0 unspecified atom stereocenters. The standard InChI is InChI=1S/C16H18N6/c1-11-14(13-3-2-6-19-10-13)15(21-16(18)20-11)22-7-4-12(9-17)5-8-22/h2-3,6,10,12H,4-5,7-8H2,1H3,(H2,18,20,21). The van der Waals surface area contributed by atoms with Crippen LogP contribution in [0.1, 0.15) is 18.5 Å². The molecule has 0 spiro atoms. The van der Waals surface area contributed by atoms with E-state index in [0.29, 0.717) is 0 Å². The maximum absolute atomic E-state index is 9.05. The molecule has 22 heavy (non-hydrogen) atoms. The minimum Gasteiger partial charge on any atom is -0.368 e. The van der Waals surface area contributed by atoms with Crippen molar-refractivity contribution in [3.05, 3.63) is 30.2 Å². The molecule has 6 heteroatoms. The topological polar surface area (TPSA) is 91.7 Å². The number of hydrogen-bond donors (Lipinski definition) is 1. The SMILES string of the molecule is Cc1nc(N)nc(N2CCC(C#N)CC2)c1-c1cccnc1. The van der Waals surface area contributed by atoms with Gasteiger partial charge in [0.1, 0.15) is 5.82 Å². The lowest BCUT2D eigenvalue weighted by molar-refractivity contribution is 0.485. The fraction of sp³-hybridized carbons (Fsp3) is 0.375. The van der Waals surface area contributed by atoms with Crippen molar-refractivity contribution in [1.82, 2.24) is 15.0 Å². The number of nitrogens with zero attached hydrogens (tertiary/aromatic N) is 5. The average Bonchev–Trinajstić information content (AvgIpc) is 2.55. The second-order valence-corrected chi connectivity index (χ2v) is 5.50. The molecule has 3 rings (SSSR count). The zero-order valence-corrected chi connectivity index (χ0v) is 12.5. The fourth-order valence-electron chi connectivity index (χ4n) is 2.88. The van der Waals surface area contributed by atoms with Crippen LogP contribution in [0.15, 0.2) is 24.5 Å². The molecule has 1 aliphatic rings. The van der Waals surface area contributed by atoms with Crippen LogP contribution < -0.4 is 10.6 Å². The first-order chi connectivity index (χ1) is 10.7. The summed E-state index contributed by atoms with van der Waals surface area (Å²) in [4.78, 5) is 15.1. The lowest BCUT2D eigenvalue weighted by Gasteiger charge is -2.31. The van der Waals surface area contributed by atoms with Crippen molar-refractivity contribution in [2.45, 2.75) is 19.8 Å². The predicted molar refractivity (Wildman–Crippen MR) is 85.0 cm³/mol. The Bertz CT molecular complexity index is 699. The molecule has 0 radical (unpaired) electrons. The van der Waals surface area contributed by atoms with Crippen LogP contribution in [0.25, 0.3) is 11.1 Å². The molecule has 3 heterocycles. The van der Waals surface area contributed by atoms with Gasteiger partial charge in [0.25, 0.3) is 0 Å². The van der Waals surface area contributed by atoms with E-state index in [4.69, 9.17) is 11.0 Å². The van der Waals surface area contributed by atoms with Crippen LogP contribution in [0.3, 0.4) is 0 Å². The van der Waals surface area contributed by atoms with E-state index in [1.54, 1.807) is 6.20 Å². The third-order valence-electron chi connectivity index (χ3n) is 4.02. The van der Waals surface area contributed by atoms with E-state index >= 15 is 0 Å². The summed E-state index contributed by atoms with van der Waals surface area (Å²) >= 11 is 0. The van der Waals surface area contributed by atoms with Crippen LogP contribution in [-0.2, 0) is 0 Å². The zero-order valence-electron chi connectivity index (χ0n) is 12.5. The molecule has 112 valence electrons. The van der Waals surface area contributed by atoms with Crippen molar-refractivity contribution in [2.75, 3.05) is 23.7 Å². The predicted octanol–water partition coefficient (Wildman–Crippen LogP) is 2.17. The largest absolute Gasteiger partial charge is 0.368 e. The monoisotopic (exact) mass is 294 g/mol. The Morgan fingerprint density at radius 3 is 2.73 bits per heavy atom. The molecule has 6 nitrogen and oxygen atoms in total. The van der Waals surface area contributed by atoms with Crippen molar-refractivity contribution < 1.29 is 0 Å². The van der Waals surface area contributed by atoms with Crippen LogP contribution in [-0.4, -0.2) is 28.0 Å². The Balaban J connectivity index is 2.02. The van der Waals surface area contributed by atoms with Crippen molar-refractivity contribution in [3.63, 3.8) is 0 Å². The van der Waals surface area contributed by atoms with E-state index in [1.807, 2.05) is 25.3 Å². The number of aromatic nitrogens is 3. The van der Waals surface area contributed by atoms with E-state index in [2.05, 4.69) is 25.9 Å². The molecule has 0 atom stereocenters. The molecule has 0 aromatic carbocycles. The van der Waals surface area contributed by atoms with E-state index in [0.717, 1.165) is 48.6 Å². The molecule has 2 N–H and O–H groups in total. The van der Waals surface area contributed by atoms with Gasteiger partial charge >= 0.3 is 0 Å². The molecular weight excluding hydrogens is 276 g/mol. The van der Waals surface area contributed by atoms with Gasteiger partial charge in [0.2, 0.25) is 5.95 Å². The minimum absolute atomic E-state index is 0.137. The number of anilines is 2. The molecule has 2 aromatic heterocycles. The first-order valence-corrected chi connectivity index (χ1v) is 7.38. The number of hydrogen-bond acceptors (Lipinski definition) is 6. The molecule has 1 aliphatic heterocycles. The molecule has 1 saturated heterocycles. The van der Waals surface area contributed by atoms with E-state index < -0.39 is 0 Å². The molecule has 0 saturated carbocycles. The van der Waals surface area contributed by atoms with Gasteiger partial charge in [-0.05, 0) is 25.8 Å². The van der Waals surface area contributed by atoms with Gasteiger partial charge in [-0.15, -0.1) is 0 Å². The van der Waals surface area contributed by atoms with E-state index in [9.17, 15) is 0 Å². The first kappa shape index (κ1) is 14.3. The van der Waals surface area contributed by atoms with Gasteiger partial charge in [-0.25, -0.2) is 4.98 Å². The molecule has 0 bridgehead atoms. The molecule has 0 amide bonds. The second kappa shape index (κ2) is 5.98. The summed E-state index contributed by atoms with van der Waals surface area (Å²) < 4.78 is 0. The highest BCUT2D eigenvalue weighted by Crippen LogP contribution is 2.33. The third kappa shape index (κ3) is 2.70. The van der Waals surface area contributed by atoms with Crippen LogP contribution in [0.2, 0.25) is 0 Å². The number of nitriles is 1. The number of piperidine rings is 1. The zero-order chi connectivity index (χ0) is 15.5. The highest BCUT2D eigenvalue weighted by Gasteiger charge is 2.24. The minimum atomic E-state index is 0.137. The highest BCUT2D eigenvalue weighted by molar-refractivity contribution is 5.78. The average molecular weight is 294 g/mol. The molecule has 1 fully saturated rings. The number of nitrogen functional groups attached to an aromatic ring is 1. The summed E-state index contributed by atoms with van der Waals surface area (Å²) in [6.45, 7) is 3.55. The second-order valence-electron chi connectivity index (χ2n) is 5.50. The van der Waals surface area contributed by atoms with Crippen LogP contribution in [0, 0.1) is 24.2 Å². The Morgan fingerprint density at radius 2 is 2.09 bits per heavy atom. The van der Waals surface area contributed by atoms with E-state index in [1.165, 1.54) is 0 Å². The first-order valence-electron chi connectivity index (χ1n) is 7.38.